The number of rotatable bonds is 3. The van der Waals surface area contributed by atoms with E-state index in [1.165, 1.54) is 12.8 Å². The van der Waals surface area contributed by atoms with Gasteiger partial charge in [0.25, 0.3) is 0 Å². The highest BCUT2D eigenvalue weighted by molar-refractivity contribution is 5.74. The lowest BCUT2D eigenvalue weighted by Crippen LogP contribution is -2.31. The fourth-order valence-corrected chi connectivity index (χ4v) is 2.69. The minimum Gasteiger partial charge on any atom is -0.306 e. The van der Waals surface area contributed by atoms with Crippen LogP contribution in [0.1, 0.15) is 29.0 Å². The van der Waals surface area contributed by atoms with Crippen molar-refractivity contribution < 1.29 is 4.79 Å². The molecular weight excluding hydrogens is 240 g/mol. The molecule has 100 valence electrons. The Morgan fingerprint density at radius 1 is 1.32 bits per heavy atom. The minimum atomic E-state index is 0.664. The molecule has 1 aliphatic heterocycles. The van der Waals surface area contributed by atoms with Gasteiger partial charge < -0.3 is 4.90 Å². The first kappa shape index (κ1) is 12.3. The van der Waals surface area contributed by atoms with E-state index in [0.717, 1.165) is 37.3 Å². The number of aromatic nitrogens is 3. The highest BCUT2D eigenvalue weighted by Gasteiger charge is 2.19. The Morgan fingerprint density at radius 3 is 2.84 bits per heavy atom. The summed E-state index contributed by atoms with van der Waals surface area (Å²) < 4.78 is 1.95. The van der Waals surface area contributed by atoms with E-state index in [1.807, 2.05) is 16.7 Å². The Labute approximate surface area is 112 Å². The van der Waals surface area contributed by atoms with Crippen LogP contribution in [-0.4, -0.2) is 45.9 Å². The lowest BCUT2D eigenvalue weighted by atomic mass is 9.93. The van der Waals surface area contributed by atoms with Gasteiger partial charge in [-0.3, -0.25) is 9.20 Å². The highest BCUT2D eigenvalue weighted by Crippen LogP contribution is 2.20. The summed E-state index contributed by atoms with van der Waals surface area (Å²) in [6, 6.07) is 3.62. The van der Waals surface area contributed by atoms with Crippen molar-refractivity contribution in [3.63, 3.8) is 0 Å². The van der Waals surface area contributed by atoms with Crippen LogP contribution in [-0.2, 0) is 6.42 Å². The van der Waals surface area contributed by atoms with Crippen LogP contribution in [0.25, 0.3) is 5.65 Å². The van der Waals surface area contributed by atoms with E-state index in [9.17, 15) is 4.79 Å². The molecule has 0 spiro atoms. The molecule has 1 aliphatic rings. The summed E-state index contributed by atoms with van der Waals surface area (Å²) in [5, 5.41) is 8.43. The van der Waals surface area contributed by atoms with Crippen LogP contribution in [0, 0.1) is 5.92 Å². The Balaban J connectivity index is 1.82. The van der Waals surface area contributed by atoms with Crippen LogP contribution < -0.4 is 0 Å². The maximum absolute atomic E-state index is 10.8. The number of hydrogen-bond donors (Lipinski definition) is 0. The number of fused-ring (bicyclic) bond motifs is 1. The van der Waals surface area contributed by atoms with Crippen molar-refractivity contribution in [1.82, 2.24) is 19.5 Å². The van der Waals surface area contributed by atoms with Crippen molar-refractivity contribution in [1.29, 1.82) is 0 Å². The van der Waals surface area contributed by atoms with Crippen molar-refractivity contribution in [2.24, 2.45) is 5.92 Å². The van der Waals surface area contributed by atoms with Crippen LogP contribution in [0.5, 0.6) is 0 Å². The van der Waals surface area contributed by atoms with Crippen LogP contribution in [0.4, 0.5) is 0 Å². The summed E-state index contributed by atoms with van der Waals surface area (Å²) in [6.45, 7) is 2.31. The first-order chi connectivity index (χ1) is 9.26. The zero-order valence-corrected chi connectivity index (χ0v) is 11.1. The molecule has 5 heteroatoms. The molecule has 1 saturated heterocycles. The predicted molar refractivity (Wildman–Crippen MR) is 72.3 cm³/mol. The fraction of sp³-hybridized carbons (Fsp3) is 0.500. The van der Waals surface area contributed by atoms with Crippen molar-refractivity contribution in [3.8, 4) is 0 Å². The molecule has 0 radical (unpaired) electrons. The Hall–Kier alpha value is -1.75. The van der Waals surface area contributed by atoms with E-state index in [1.54, 1.807) is 6.07 Å². The highest BCUT2D eigenvalue weighted by atomic mass is 16.1. The Morgan fingerprint density at radius 2 is 2.11 bits per heavy atom. The maximum Gasteiger partial charge on any atom is 0.160 e. The lowest BCUT2D eigenvalue weighted by molar-refractivity contribution is 0.112. The standard InChI is InChI=1S/C14H18N4O/c1-17-6-4-11(5-7-17)8-14-16-15-13-3-2-12(10-19)9-18(13)14/h2-3,9-11H,4-8H2,1H3. The van der Waals surface area contributed by atoms with Gasteiger partial charge in [-0.15, -0.1) is 10.2 Å². The number of aldehydes is 1. The van der Waals surface area contributed by atoms with Gasteiger partial charge in [0.05, 0.1) is 0 Å². The first-order valence-electron chi connectivity index (χ1n) is 6.73. The first-order valence-corrected chi connectivity index (χ1v) is 6.73. The second-order valence-corrected chi connectivity index (χ2v) is 5.38. The van der Waals surface area contributed by atoms with Gasteiger partial charge in [0, 0.05) is 18.2 Å². The molecule has 0 bridgehead atoms. The smallest absolute Gasteiger partial charge is 0.160 e. The number of nitrogens with zero attached hydrogens (tertiary/aromatic N) is 4. The molecule has 19 heavy (non-hydrogen) atoms. The third-order valence-corrected chi connectivity index (χ3v) is 3.94. The van der Waals surface area contributed by atoms with E-state index >= 15 is 0 Å². The number of carbonyl (C=O) groups excluding carboxylic acids is 1. The van der Waals surface area contributed by atoms with E-state index in [4.69, 9.17) is 0 Å². The summed E-state index contributed by atoms with van der Waals surface area (Å²) in [7, 11) is 2.17. The average Bonchev–Trinajstić information content (AvgIpc) is 2.84. The number of piperidine rings is 1. The third-order valence-electron chi connectivity index (χ3n) is 3.94. The molecule has 0 amide bonds. The van der Waals surface area contributed by atoms with Crippen LogP contribution >= 0.6 is 0 Å². The minimum absolute atomic E-state index is 0.664. The normalized spacial score (nSPS) is 17.9. The van der Waals surface area contributed by atoms with Gasteiger partial charge in [-0.2, -0.15) is 0 Å². The van der Waals surface area contributed by atoms with E-state index in [0.29, 0.717) is 11.5 Å². The Bertz CT molecular complexity index is 584. The molecular formula is C14H18N4O. The van der Waals surface area contributed by atoms with Crippen LogP contribution in [0.15, 0.2) is 18.3 Å². The molecule has 3 rings (SSSR count). The van der Waals surface area contributed by atoms with E-state index in [-0.39, 0.29) is 0 Å². The third kappa shape index (κ3) is 2.51. The fourth-order valence-electron chi connectivity index (χ4n) is 2.69. The predicted octanol–water partition coefficient (Wildman–Crippen LogP) is 1.43. The van der Waals surface area contributed by atoms with Crippen molar-refractivity contribution >= 4 is 11.9 Å². The average molecular weight is 258 g/mol. The monoisotopic (exact) mass is 258 g/mol. The topological polar surface area (TPSA) is 50.5 Å². The summed E-state index contributed by atoms with van der Waals surface area (Å²) in [5.74, 6) is 1.64. The molecule has 0 unspecified atom stereocenters. The maximum atomic E-state index is 10.8. The summed E-state index contributed by atoms with van der Waals surface area (Å²) in [6.07, 6.45) is 6.04. The molecule has 2 aromatic rings. The zero-order valence-electron chi connectivity index (χ0n) is 11.1. The second-order valence-electron chi connectivity index (χ2n) is 5.38. The number of pyridine rings is 1. The lowest BCUT2D eigenvalue weighted by Gasteiger charge is -2.28. The molecule has 0 aromatic carbocycles. The second kappa shape index (κ2) is 5.09. The summed E-state index contributed by atoms with van der Waals surface area (Å²) in [4.78, 5) is 13.2. The molecule has 0 saturated carbocycles. The van der Waals surface area contributed by atoms with Crippen LogP contribution in [0.2, 0.25) is 0 Å². The summed E-state index contributed by atoms with van der Waals surface area (Å²) >= 11 is 0. The van der Waals surface area contributed by atoms with Gasteiger partial charge in [-0.25, -0.2) is 0 Å². The molecule has 0 atom stereocenters. The van der Waals surface area contributed by atoms with Gasteiger partial charge in [0.15, 0.2) is 11.9 Å². The number of hydrogen-bond acceptors (Lipinski definition) is 4. The van der Waals surface area contributed by atoms with Gasteiger partial charge in [0.1, 0.15) is 5.82 Å². The SMILES string of the molecule is CN1CCC(Cc2nnc3ccc(C=O)cn23)CC1. The largest absolute Gasteiger partial charge is 0.306 e. The summed E-state index contributed by atoms with van der Waals surface area (Å²) in [5.41, 5.74) is 1.48. The molecule has 3 heterocycles. The molecule has 2 aromatic heterocycles. The molecule has 0 N–H and O–H groups in total. The quantitative estimate of drug-likeness (QED) is 0.781. The molecule has 0 aliphatic carbocycles. The van der Waals surface area contributed by atoms with Crippen LogP contribution in [0.3, 0.4) is 0 Å². The number of likely N-dealkylation sites (tertiary alicyclic amines) is 1. The van der Waals surface area contributed by atoms with Crippen molar-refractivity contribution in [3.05, 3.63) is 29.7 Å². The van der Waals surface area contributed by atoms with E-state index in [2.05, 4.69) is 22.1 Å². The zero-order chi connectivity index (χ0) is 13.2. The molecule has 5 nitrogen and oxygen atoms in total. The molecule has 1 fully saturated rings. The Kier molecular flexibility index (Phi) is 3.29. The van der Waals surface area contributed by atoms with Gasteiger partial charge in [-0.05, 0) is 51.0 Å². The van der Waals surface area contributed by atoms with Crippen molar-refractivity contribution in [2.75, 3.05) is 20.1 Å². The number of carbonyl (C=O) groups is 1. The van der Waals surface area contributed by atoms with Crippen molar-refractivity contribution in [2.45, 2.75) is 19.3 Å². The van der Waals surface area contributed by atoms with Gasteiger partial charge in [-0.1, -0.05) is 0 Å². The van der Waals surface area contributed by atoms with Gasteiger partial charge >= 0.3 is 0 Å². The van der Waals surface area contributed by atoms with Gasteiger partial charge in [0.2, 0.25) is 0 Å². The van der Waals surface area contributed by atoms with E-state index < -0.39 is 0 Å².